The van der Waals surface area contributed by atoms with Gasteiger partial charge in [-0.15, -0.1) is 0 Å². The molecule has 1 aromatic carbocycles. The van der Waals surface area contributed by atoms with Crippen LogP contribution < -0.4 is 11.2 Å². The third kappa shape index (κ3) is 4.08. The number of hydrogen-bond acceptors (Lipinski definition) is 4. The molecule has 31 heavy (non-hydrogen) atoms. The van der Waals surface area contributed by atoms with Crippen LogP contribution in [0.2, 0.25) is 0 Å². The van der Waals surface area contributed by atoms with Gasteiger partial charge in [-0.3, -0.25) is 18.6 Å². The normalized spacial score (nSPS) is 10.9. The molecule has 0 bridgehead atoms. The Bertz CT molecular complexity index is 1380. The monoisotopic (exact) mass is 416 g/mol. The zero-order chi connectivity index (χ0) is 21.8. The average molecular weight is 416 g/mol. The van der Waals surface area contributed by atoms with Gasteiger partial charge in [0.2, 0.25) is 0 Å². The van der Waals surface area contributed by atoms with Crippen LogP contribution in [0.4, 0.5) is 0 Å². The molecule has 0 fully saturated rings. The lowest BCUT2D eigenvalue weighted by molar-refractivity contribution is 0.555. The molecule has 1 N–H and O–H groups in total. The number of rotatable bonds is 6. The Hall–Kier alpha value is -3.86. The van der Waals surface area contributed by atoms with Gasteiger partial charge >= 0.3 is 5.69 Å². The van der Waals surface area contributed by atoms with Crippen LogP contribution in [0.3, 0.4) is 0 Å². The van der Waals surface area contributed by atoms with Gasteiger partial charge in [0.15, 0.2) is 5.65 Å². The fraction of sp³-hybridized carbons (Fsp3) is 0.304. The van der Waals surface area contributed by atoms with Crippen LogP contribution in [-0.2, 0) is 19.6 Å². The highest BCUT2D eigenvalue weighted by molar-refractivity contribution is 5.75. The van der Waals surface area contributed by atoms with Crippen molar-refractivity contribution < 1.29 is 0 Å². The smallest absolute Gasteiger partial charge is 0.332 e. The third-order valence-corrected chi connectivity index (χ3v) is 4.91. The first kappa shape index (κ1) is 20.4. The Morgan fingerprint density at radius 2 is 1.77 bits per heavy atom. The third-order valence-electron chi connectivity index (χ3n) is 4.91. The maximum absolute atomic E-state index is 12.9. The molecule has 0 saturated carbocycles. The minimum absolute atomic E-state index is 0.314. The van der Waals surface area contributed by atoms with Crippen LogP contribution >= 0.6 is 0 Å². The van der Waals surface area contributed by atoms with Crippen LogP contribution in [0.25, 0.3) is 22.6 Å². The van der Waals surface area contributed by atoms with E-state index in [1.54, 1.807) is 15.4 Å². The van der Waals surface area contributed by atoms with E-state index in [9.17, 15) is 9.59 Å². The van der Waals surface area contributed by atoms with Crippen molar-refractivity contribution in [1.29, 1.82) is 0 Å². The minimum Gasteiger partial charge on any atom is -0.332 e. The lowest BCUT2D eigenvalue weighted by atomic mass is 10.2. The zero-order valence-electron chi connectivity index (χ0n) is 17.6. The molecule has 0 aliphatic heterocycles. The molecule has 158 valence electrons. The maximum Gasteiger partial charge on any atom is 0.332 e. The lowest BCUT2D eigenvalue weighted by Gasteiger charge is -2.09. The van der Waals surface area contributed by atoms with E-state index < -0.39 is 0 Å². The molecule has 8 nitrogen and oxygen atoms in total. The fourth-order valence-electron chi connectivity index (χ4n) is 3.47. The highest BCUT2D eigenvalue weighted by atomic mass is 16.2. The largest absolute Gasteiger partial charge is 0.332 e. The highest BCUT2D eigenvalue weighted by Crippen LogP contribution is 2.18. The Morgan fingerprint density at radius 3 is 2.52 bits per heavy atom. The number of H-pyrrole nitrogens is 1. The molecule has 0 unspecified atom stereocenters. The summed E-state index contributed by atoms with van der Waals surface area (Å²) in [6.07, 6.45) is 4.96. The summed E-state index contributed by atoms with van der Waals surface area (Å²) >= 11 is 0. The van der Waals surface area contributed by atoms with E-state index in [1.807, 2.05) is 50.4 Å². The first-order valence-corrected chi connectivity index (χ1v) is 10.4. The number of benzene rings is 1. The van der Waals surface area contributed by atoms with Crippen LogP contribution in [0.1, 0.15) is 32.3 Å². The van der Waals surface area contributed by atoms with Gasteiger partial charge in [0.25, 0.3) is 5.56 Å². The quantitative estimate of drug-likeness (QED) is 0.489. The molecule has 3 heterocycles. The number of aryl methyl sites for hydroxylation is 1. The molecule has 4 aromatic rings. The molecule has 0 saturated heterocycles. The van der Waals surface area contributed by atoms with Gasteiger partial charge in [-0.25, -0.2) is 9.78 Å². The van der Waals surface area contributed by atoms with Crippen molar-refractivity contribution in [3.05, 3.63) is 69.1 Å². The summed E-state index contributed by atoms with van der Waals surface area (Å²) in [5.41, 5.74) is 1.75. The highest BCUT2D eigenvalue weighted by Gasteiger charge is 2.17. The van der Waals surface area contributed by atoms with Crippen LogP contribution in [-0.4, -0.2) is 28.9 Å². The minimum atomic E-state index is -0.339. The van der Waals surface area contributed by atoms with Gasteiger partial charge < -0.3 is 4.98 Å². The maximum atomic E-state index is 12.9. The van der Waals surface area contributed by atoms with Crippen molar-refractivity contribution in [3.63, 3.8) is 0 Å². The molecule has 4 rings (SSSR count). The average Bonchev–Trinajstić information content (AvgIpc) is 3.42. The molecule has 3 aromatic heterocycles. The molecule has 8 heteroatoms. The summed E-state index contributed by atoms with van der Waals surface area (Å²) in [4.78, 5) is 33.3. The molecule has 0 radical (unpaired) electrons. The molecule has 0 spiro atoms. The zero-order valence-corrected chi connectivity index (χ0v) is 17.6. The van der Waals surface area contributed by atoms with E-state index >= 15 is 0 Å². The van der Waals surface area contributed by atoms with Gasteiger partial charge in [0.1, 0.15) is 17.9 Å². The molecule has 0 amide bonds. The Kier molecular flexibility index (Phi) is 5.85. The topological polar surface area (TPSA) is 90.5 Å². The van der Waals surface area contributed by atoms with Crippen molar-refractivity contribution in [3.8, 4) is 23.2 Å². The summed E-state index contributed by atoms with van der Waals surface area (Å²) in [7, 11) is 0. The van der Waals surface area contributed by atoms with Crippen molar-refractivity contribution in [2.24, 2.45) is 0 Å². The number of aromatic nitrogens is 6. The van der Waals surface area contributed by atoms with E-state index in [0.717, 1.165) is 17.5 Å². The van der Waals surface area contributed by atoms with E-state index in [0.29, 0.717) is 43.0 Å². The second-order valence-corrected chi connectivity index (χ2v) is 7.27. The molecule has 0 aliphatic rings. The Balaban J connectivity index is 1.69. The van der Waals surface area contributed by atoms with Gasteiger partial charge in [0.05, 0.1) is 11.8 Å². The molecular formula is C23H24N6O2. The van der Waals surface area contributed by atoms with Crippen LogP contribution in [0.5, 0.6) is 0 Å². The van der Waals surface area contributed by atoms with Gasteiger partial charge in [0, 0.05) is 24.8 Å². The van der Waals surface area contributed by atoms with Crippen molar-refractivity contribution in [2.75, 3.05) is 0 Å². The summed E-state index contributed by atoms with van der Waals surface area (Å²) in [5, 5.41) is 4.34. The van der Waals surface area contributed by atoms with Gasteiger partial charge in [-0.1, -0.05) is 43.9 Å². The molecule has 0 atom stereocenters. The predicted molar refractivity (Wildman–Crippen MR) is 120 cm³/mol. The fourth-order valence-corrected chi connectivity index (χ4v) is 3.47. The van der Waals surface area contributed by atoms with Crippen molar-refractivity contribution in [1.82, 2.24) is 28.9 Å². The summed E-state index contributed by atoms with van der Waals surface area (Å²) in [6.45, 7) is 5.23. The number of hydrogen-bond donors (Lipinski definition) is 1. The first-order valence-electron chi connectivity index (χ1n) is 10.4. The number of fused-ring (bicyclic) bond motifs is 1. The number of nitrogens with one attached hydrogen (secondary N) is 1. The second kappa shape index (κ2) is 8.88. The van der Waals surface area contributed by atoms with Crippen LogP contribution in [0.15, 0.2) is 52.3 Å². The molecule has 0 aliphatic carbocycles. The van der Waals surface area contributed by atoms with Crippen molar-refractivity contribution in [2.45, 2.75) is 46.3 Å². The number of imidazole rings is 1. The van der Waals surface area contributed by atoms with Gasteiger partial charge in [-0.2, -0.15) is 5.10 Å². The first-order chi connectivity index (χ1) is 15.1. The SMILES string of the molecule is CCCn1c(=O)c2[nH]c(-c3cnn(CC#Cc4ccccc4)c3)nc2n(CCC)c1=O. The van der Waals surface area contributed by atoms with Crippen LogP contribution in [0, 0.1) is 11.8 Å². The van der Waals surface area contributed by atoms with E-state index in [-0.39, 0.29) is 11.2 Å². The molecular weight excluding hydrogens is 392 g/mol. The summed E-state index contributed by atoms with van der Waals surface area (Å²) < 4.78 is 4.57. The Morgan fingerprint density at radius 1 is 1.03 bits per heavy atom. The number of nitrogens with zero attached hydrogens (tertiary/aromatic N) is 5. The lowest BCUT2D eigenvalue weighted by Crippen LogP contribution is -2.40. The Labute approximate surface area is 179 Å². The summed E-state index contributed by atoms with van der Waals surface area (Å²) in [5.74, 6) is 6.70. The van der Waals surface area contributed by atoms with E-state index in [2.05, 4.69) is 26.9 Å². The van der Waals surface area contributed by atoms with Crippen molar-refractivity contribution >= 4 is 11.2 Å². The standard InChI is InChI=1S/C23H24N6O2/c1-3-12-28-21-19(22(30)29(13-4-2)23(28)31)25-20(26-21)18-15-24-27(16-18)14-8-11-17-9-6-5-7-10-17/h5-7,9-10,15-16H,3-4,12-14H2,1-2H3,(H,25,26). The summed E-state index contributed by atoms with van der Waals surface area (Å²) in [6, 6.07) is 9.76. The number of aromatic amines is 1. The van der Waals surface area contributed by atoms with E-state index in [1.165, 1.54) is 4.57 Å². The second-order valence-electron chi connectivity index (χ2n) is 7.27. The van der Waals surface area contributed by atoms with E-state index in [4.69, 9.17) is 0 Å². The van der Waals surface area contributed by atoms with Gasteiger partial charge in [-0.05, 0) is 25.0 Å². The predicted octanol–water partition coefficient (Wildman–Crippen LogP) is 2.62.